The topological polar surface area (TPSA) is 98.5 Å². The van der Waals surface area contributed by atoms with Crippen LogP contribution in [0.15, 0.2) is 30.5 Å². The zero-order valence-electron chi connectivity index (χ0n) is 13.6. The number of hydrogen-bond donors (Lipinski definition) is 1. The maximum Gasteiger partial charge on any atom is 0.376 e. The molecule has 3 rings (SSSR count). The Morgan fingerprint density at radius 3 is 2.85 bits per heavy atom. The summed E-state index contributed by atoms with van der Waals surface area (Å²) in [5.41, 5.74) is 0.874. The molecule has 0 aliphatic carbocycles. The third kappa shape index (κ3) is 3.62. The van der Waals surface area contributed by atoms with Crippen molar-refractivity contribution in [3.8, 4) is 0 Å². The number of carbonyl (C=O) groups excluding carboxylic acids is 2. The third-order valence-electron chi connectivity index (χ3n) is 3.35. The Morgan fingerprint density at radius 1 is 1.31 bits per heavy atom. The number of amides is 1. The molecular weight excluding hydrogens is 365 g/mol. The molecule has 0 saturated heterocycles. The first-order valence-electron chi connectivity index (χ1n) is 7.60. The Morgan fingerprint density at radius 2 is 2.12 bits per heavy atom. The van der Waals surface area contributed by atoms with Crippen LogP contribution in [0.1, 0.15) is 33.7 Å². The summed E-state index contributed by atoms with van der Waals surface area (Å²) >= 11 is 5.71. The van der Waals surface area contributed by atoms with E-state index < -0.39 is 17.7 Å². The molecule has 0 fully saturated rings. The molecule has 0 spiro atoms. The molecule has 8 nitrogen and oxygen atoms in total. The van der Waals surface area contributed by atoms with Crippen LogP contribution < -0.4 is 5.32 Å². The van der Waals surface area contributed by atoms with E-state index in [9.17, 15) is 14.0 Å². The second-order valence-corrected chi connectivity index (χ2v) is 5.53. The van der Waals surface area contributed by atoms with Gasteiger partial charge in [-0.3, -0.25) is 4.79 Å². The summed E-state index contributed by atoms with van der Waals surface area (Å²) in [7, 11) is 0. The first-order chi connectivity index (χ1) is 12.5. The zero-order valence-corrected chi connectivity index (χ0v) is 14.3. The smallest absolute Gasteiger partial charge is 0.376 e. The molecule has 2 heterocycles. The number of rotatable bonds is 5. The Hall–Kier alpha value is -3.07. The fourth-order valence-corrected chi connectivity index (χ4v) is 2.37. The summed E-state index contributed by atoms with van der Waals surface area (Å²) in [6, 6.07) is 5.63. The van der Waals surface area contributed by atoms with Gasteiger partial charge in [0.25, 0.3) is 5.91 Å². The highest BCUT2D eigenvalue weighted by molar-refractivity contribution is 6.30. The molecule has 0 unspecified atom stereocenters. The van der Waals surface area contributed by atoms with Gasteiger partial charge in [0.2, 0.25) is 11.6 Å². The number of nitrogens with one attached hydrogen (secondary N) is 1. The van der Waals surface area contributed by atoms with Gasteiger partial charge in [0.15, 0.2) is 5.65 Å². The van der Waals surface area contributed by atoms with E-state index >= 15 is 0 Å². The van der Waals surface area contributed by atoms with Crippen molar-refractivity contribution in [2.75, 3.05) is 6.61 Å². The van der Waals surface area contributed by atoms with Crippen LogP contribution in [0, 0.1) is 5.82 Å². The summed E-state index contributed by atoms with van der Waals surface area (Å²) in [6.45, 7) is 1.89. The highest BCUT2D eigenvalue weighted by Crippen LogP contribution is 2.16. The number of carbonyl (C=O) groups is 2. The lowest BCUT2D eigenvalue weighted by atomic mass is 10.2. The maximum absolute atomic E-state index is 13.2. The van der Waals surface area contributed by atoms with Crippen molar-refractivity contribution < 1.29 is 18.7 Å². The van der Waals surface area contributed by atoms with Crippen LogP contribution >= 0.6 is 11.6 Å². The minimum atomic E-state index is -0.719. The number of aromatic nitrogens is 4. The van der Waals surface area contributed by atoms with Crippen LogP contribution in [-0.4, -0.2) is 38.1 Å². The molecule has 0 aliphatic rings. The van der Waals surface area contributed by atoms with Crippen molar-refractivity contribution in [3.63, 3.8) is 0 Å². The highest BCUT2D eigenvalue weighted by Gasteiger charge is 2.20. The van der Waals surface area contributed by atoms with Crippen molar-refractivity contribution in [1.82, 2.24) is 24.9 Å². The molecule has 134 valence electrons. The van der Waals surface area contributed by atoms with Gasteiger partial charge in [-0.2, -0.15) is 14.6 Å². The number of hydrogen-bond acceptors (Lipinski definition) is 6. The van der Waals surface area contributed by atoms with Crippen molar-refractivity contribution >= 4 is 29.1 Å². The van der Waals surface area contributed by atoms with Crippen molar-refractivity contribution in [3.05, 3.63) is 58.5 Å². The first kappa shape index (κ1) is 17.7. The van der Waals surface area contributed by atoms with Gasteiger partial charge >= 0.3 is 5.97 Å². The molecule has 10 heteroatoms. The maximum atomic E-state index is 13.2. The predicted octanol–water partition coefficient (Wildman–Crippen LogP) is 2.02. The van der Waals surface area contributed by atoms with Gasteiger partial charge in [-0.1, -0.05) is 17.7 Å². The largest absolute Gasteiger partial charge is 0.460 e. The highest BCUT2D eigenvalue weighted by atomic mass is 35.5. The number of nitrogens with zero attached hydrogens (tertiary/aromatic N) is 4. The van der Waals surface area contributed by atoms with Gasteiger partial charge in [-0.05, 0) is 24.6 Å². The lowest BCUT2D eigenvalue weighted by Gasteiger charge is -2.08. The number of halogens is 2. The lowest BCUT2D eigenvalue weighted by Crippen LogP contribution is -2.27. The number of esters is 1. The van der Waals surface area contributed by atoms with Crippen LogP contribution in [0.2, 0.25) is 5.02 Å². The molecule has 1 amide bonds. The fraction of sp³-hybridized carbons (Fsp3) is 0.188. The van der Waals surface area contributed by atoms with E-state index in [0.717, 1.165) is 0 Å². The average molecular weight is 378 g/mol. The standard InChI is InChI=1S/C16H13ClFN5O3/c1-2-26-16(25)14-22-13(21-12-5-6-20-23(12)14)15(24)19-8-9-3-4-11(18)10(17)7-9/h3-7H,2,8H2,1H3,(H,19,24). The van der Waals surface area contributed by atoms with Crippen LogP contribution in [-0.2, 0) is 11.3 Å². The first-order valence-corrected chi connectivity index (χ1v) is 7.98. The molecule has 1 aromatic carbocycles. The van der Waals surface area contributed by atoms with Gasteiger partial charge in [-0.15, -0.1) is 0 Å². The zero-order chi connectivity index (χ0) is 18.7. The van der Waals surface area contributed by atoms with Gasteiger partial charge in [0.05, 0.1) is 17.8 Å². The van der Waals surface area contributed by atoms with Crippen LogP contribution in [0.4, 0.5) is 4.39 Å². The van der Waals surface area contributed by atoms with Crippen LogP contribution in [0.5, 0.6) is 0 Å². The minimum absolute atomic E-state index is 0.0433. The van der Waals surface area contributed by atoms with E-state index in [0.29, 0.717) is 5.56 Å². The Labute approximate surface area is 152 Å². The van der Waals surface area contributed by atoms with E-state index in [1.807, 2.05) is 0 Å². The van der Waals surface area contributed by atoms with E-state index in [1.165, 1.54) is 35.0 Å². The second kappa shape index (κ2) is 7.44. The second-order valence-electron chi connectivity index (χ2n) is 5.12. The molecule has 0 saturated carbocycles. The summed E-state index contributed by atoms with van der Waals surface area (Å²) in [6.07, 6.45) is 1.43. The Bertz CT molecular complexity index is 991. The molecule has 0 radical (unpaired) electrons. The number of benzene rings is 1. The molecule has 3 aromatic rings. The van der Waals surface area contributed by atoms with Crippen LogP contribution in [0.25, 0.3) is 5.65 Å². The SMILES string of the molecule is CCOC(=O)c1nc(C(=O)NCc2ccc(F)c(Cl)c2)nc2ccnn12. The molecule has 26 heavy (non-hydrogen) atoms. The van der Waals surface area contributed by atoms with E-state index in [4.69, 9.17) is 16.3 Å². The van der Waals surface area contributed by atoms with Crippen molar-refractivity contribution in [2.45, 2.75) is 13.5 Å². The molecule has 0 atom stereocenters. The molecule has 1 N–H and O–H groups in total. The molecular formula is C16H13ClFN5O3. The lowest BCUT2D eigenvalue weighted by molar-refractivity contribution is 0.0507. The number of ether oxygens (including phenoxy) is 1. The molecule has 2 aromatic heterocycles. The molecule has 0 aliphatic heterocycles. The summed E-state index contributed by atoms with van der Waals surface area (Å²) < 4.78 is 19.3. The third-order valence-corrected chi connectivity index (χ3v) is 3.64. The Balaban J connectivity index is 1.83. The van der Waals surface area contributed by atoms with E-state index in [2.05, 4.69) is 20.4 Å². The monoisotopic (exact) mass is 377 g/mol. The predicted molar refractivity (Wildman–Crippen MR) is 89.3 cm³/mol. The number of fused-ring (bicyclic) bond motifs is 1. The fourth-order valence-electron chi connectivity index (χ4n) is 2.17. The minimum Gasteiger partial charge on any atom is -0.460 e. The van der Waals surface area contributed by atoms with Gasteiger partial charge in [0.1, 0.15) is 5.82 Å². The quantitative estimate of drug-likeness (QED) is 0.683. The van der Waals surface area contributed by atoms with Crippen molar-refractivity contribution in [2.24, 2.45) is 0 Å². The van der Waals surface area contributed by atoms with Gasteiger partial charge in [0, 0.05) is 12.6 Å². The van der Waals surface area contributed by atoms with Crippen molar-refractivity contribution in [1.29, 1.82) is 0 Å². The van der Waals surface area contributed by atoms with E-state index in [1.54, 1.807) is 6.92 Å². The van der Waals surface area contributed by atoms with Crippen LogP contribution in [0.3, 0.4) is 0 Å². The molecule has 0 bridgehead atoms. The summed E-state index contributed by atoms with van der Waals surface area (Å²) in [4.78, 5) is 32.4. The van der Waals surface area contributed by atoms with Gasteiger partial charge in [-0.25, -0.2) is 14.2 Å². The summed E-state index contributed by atoms with van der Waals surface area (Å²) in [5, 5.41) is 6.49. The summed E-state index contributed by atoms with van der Waals surface area (Å²) in [5.74, 6) is -2.25. The average Bonchev–Trinajstić information content (AvgIpc) is 3.10. The van der Waals surface area contributed by atoms with E-state index in [-0.39, 0.29) is 35.5 Å². The normalized spacial score (nSPS) is 10.7. The Kier molecular flexibility index (Phi) is 5.08. The van der Waals surface area contributed by atoms with Gasteiger partial charge < -0.3 is 10.1 Å².